The molecule has 1 rings (SSSR count). The first-order chi connectivity index (χ1) is 9.31. The molecular weight excluding hydrogens is 261 g/mol. The van der Waals surface area contributed by atoms with Crippen molar-refractivity contribution in [1.29, 1.82) is 0 Å². The number of halogens is 1. The van der Waals surface area contributed by atoms with Gasteiger partial charge in [0.2, 0.25) is 0 Å². The summed E-state index contributed by atoms with van der Waals surface area (Å²) in [6.07, 6.45) is -0.567. The average molecular weight is 279 g/mol. The van der Waals surface area contributed by atoms with E-state index in [4.69, 9.17) is 9.84 Å². The molecule has 1 aromatic carbocycles. The third kappa shape index (κ3) is 5.72. The Morgan fingerprint density at radius 1 is 1.45 bits per heavy atom. The third-order valence-corrected chi connectivity index (χ3v) is 2.16. The van der Waals surface area contributed by atoms with Gasteiger partial charge < -0.3 is 15.2 Å². The van der Waals surface area contributed by atoms with Gasteiger partial charge in [0.05, 0.1) is 18.7 Å². The van der Waals surface area contributed by atoms with Gasteiger partial charge in [-0.3, -0.25) is 0 Å². The van der Waals surface area contributed by atoms with Crippen LogP contribution in [0.5, 0.6) is 0 Å². The van der Waals surface area contributed by atoms with Crippen LogP contribution < -0.4 is 5.32 Å². The van der Waals surface area contributed by atoms with Crippen LogP contribution in [-0.2, 0) is 11.3 Å². The van der Waals surface area contributed by atoms with Crippen molar-refractivity contribution in [2.24, 2.45) is 0 Å². The predicted molar refractivity (Wildman–Crippen MR) is 73.4 cm³/mol. The summed E-state index contributed by atoms with van der Waals surface area (Å²) < 4.78 is 18.5. The Kier molecular flexibility index (Phi) is 5.53. The first-order valence-corrected chi connectivity index (χ1v) is 6.17. The Balaban J connectivity index is 2.53. The van der Waals surface area contributed by atoms with E-state index in [1.54, 1.807) is 26.8 Å². The van der Waals surface area contributed by atoms with E-state index in [9.17, 15) is 9.18 Å². The number of hydrogen-bond acceptors (Lipinski definition) is 3. The van der Waals surface area contributed by atoms with Crippen LogP contribution in [0.2, 0.25) is 0 Å². The van der Waals surface area contributed by atoms with Crippen molar-refractivity contribution in [3.05, 3.63) is 35.1 Å². The minimum absolute atomic E-state index is 0.0656. The summed E-state index contributed by atoms with van der Waals surface area (Å²) in [6.45, 7) is 5.13. The molecule has 2 N–H and O–H groups in total. The fraction of sp³-hybridized carbons (Fsp3) is 0.400. The van der Waals surface area contributed by atoms with E-state index in [1.165, 1.54) is 12.1 Å². The number of amides is 1. The number of aliphatic hydroxyl groups excluding tert-OH is 1. The average Bonchev–Trinajstić information content (AvgIpc) is 2.33. The molecule has 0 fully saturated rings. The zero-order chi connectivity index (χ0) is 15.2. The monoisotopic (exact) mass is 279 g/mol. The number of hydrogen-bond donors (Lipinski definition) is 2. The van der Waals surface area contributed by atoms with E-state index < -0.39 is 17.5 Å². The van der Waals surface area contributed by atoms with Crippen molar-refractivity contribution in [3.8, 4) is 11.8 Å². The molecule has 0 aliphatic carbocycles. The molecule has 0 aliphatic heterocycles. The van der Waals surface area contributed by atoms with Gasteiger partial charge >= 0.3 is 6.09 Å². The topological polar surface area (TPSA) is 58.6 Å². The maximum atomic E-state index is 13.5. The zero-order valence-corrected chi connectivity index (χ0v) is 11.8. The highest BCUT2D eigenvalue weighted by molar-refractivity contribution is 5.68. The van der Waals surface area contributed by atoms with E-state index in [0.29, 0.717) is 5.56 Å². The number of carbonyl (C=O) groups excluding carboxylic acids is 1. The summed E-state index contributed by atoms with van der Waals surface area (Å²) in [5, 5.41) is 11.3. The van der Waals surface area contributed by atoms with E-state index >= 15 is 0 Å². The number of rotatable bonds is 2. The second-order valence-electron chi connectivity index (χ2n) is 5.13. The highest BCUT2D eigenvalue weighted by Gasteiger charge is 2.14. The van der Waals surface area contributed by atoms with Gasteiger partial charge in [-0.2, -0.15) is 0 Å². The summed E-state index contributed by atoms with van der Waals surface area (Å²) in [4.78, 5) is 11.3. The number of benzene rings is 1. The van der Waals surface area contributed by atoms with Gasteiger partial charge in [-0.25, -0.2) is 9.18 Å². The molecule has 0 saturated heterocycles. The molecule has 0 heterocycles. The zero-order valence-electron chi connectivity index (χ0n) is 11.8. The van der Waals surface area contributed by atoms with Crippen LogP contribution in [0.15, 0.2) is 18.2 Å². The molecule has 0 saturated carbocycles. The van der Waals surface area contributed by atoms with E-state index in [0.717, 1.165) is 0 Å². The molecule has 4 nitrogen and oxygen atoms in total. The lowest BCUT2D eigenvalue weighted by Gasteiger charge is -2.18. The maximum Gasteiger partial charge on any atom is 0.408 e. The predicted octanol–water partition coefficient (Wildman–Crippen LogP) is 2.19. The summed E-state index contributed by atoms with van der Waals surface area (Å²) >= 11 is 0. The van der Waals surface area contributed by atoms with Crippen LogP contribution in [-0.4, -0.2) is 23.3 Å². The normalized spacial score (nSPS) is 10.4. The van der Waals surface area contributed by atoms with Crippen LogP contribution in [0.4, 0.5) is 9.18 Å². The first kappa shape index (κ1) is 16.0. The molecule has 1 amide bonds. The Morgan fingerprint density at radius 2 is 2.15 bits per heavy atom. The van der Waals surface area contributed by atoms with Gasteiger partial charge in [0.15, 0.2) is 0 Å². The van der Waals surface area contributed by atoms with Gasteiger partial charge in [0.25, 0.3) is 0 Å². The minimum atomic E-state index is -0.567. The summed E-state index contributed by atoms with van der Waals surface area (Å²) in [6, 6.07) is 4.31. The van der Waals surface area contributed by atoms with Crippen molar-refractivity contribution < 1.29 is 19.0 Å². The smallest absolute Gasteiger partial charge is 0.408 e. The van der Waals surface area contributed by atoms with Crippen molar-refractivity contribution in [2.45, 2.75) is 33.0 Å². The second kappa shape index (κ2) is 6.92. The molecule has 5 heteroatoms. The maximum absolute atomic E-state index is 13.5. The van der Waals surface area contributed by atoms with E-state index in [2.05, 4.69) is 17.2 Å². The Hall–Kier alpha value is -2.06. The first-order valence-electron chi connectivity index (χ1n) is 6.17. The number of ether oxygens (including phenoxy) is 1. The summed E-state index contributed by atoms with van der Waals surface area (Å²) in [7, 11) is 0. The molecule has 0 aliphatic rings. The third-order valence-electron chi connectivity index (χ3n) is 2.16. The molecule has 0 radical (unpaired) electrons. The molecule has 108 valence electrons. The number of aliphatic hydroxyl groups is 1. The van der Waals surface area contributed by atoms with Gasteiger partial charge in [-0.05, 0) is 38.5 Å². The second-order valence-corrected chi connectivity index (χ2v) is 5.13. The minimum Gasteiger partial charge on any atom is -0.444 e. The Labute approximate surface area is 117 Å². The molecule has 0 atom stereocenters. The lowest BCUT2D eigenvalue weighted by atomic mass is 10.1. The molecule has 0 bridgehead atoms. The molecule has 1 aromatic rings. The van der Waals surface area contributed by atoms with Gasteiger partial charge in [0.1, 0.15) is 11.4 Å². The lowest BCUT2D eigenvalue weighted by molar-refractivity contribution is 0.0535. The highest BCUT2D eigenvalue weighted by atomic mass is 19.1. The van der Waals surface area contributed by atoms with Gasteiger partial charge in [-0.15, -0.1) is 0 Å². The molecule has 0 spiro atoms. The van der Waals surface area contributed by atoms with Crippen molar-refractivity contribution in [2.75, 3.05) is 6.54 Å². The highest BCUT2D eigenvalue weighted by Crippen LogP contribution is 2.09. The van der Waals surface area contributed by atoms with Gasteiger partial charge in [0, 0.05) is 0 Å². The van der Waals surface area contributed by atoms with Crippen LogP contribution in [0.25, 0.3) is 0 Å². The molecular formula is C15H18FNO3. The molecule has 0 aromatic heterocycles. The van der Waals surface area contributed by atoms with Crippen molar-refractivity contribution in [3.63, 3.8) is 0 Å². The molecule has 0 unspecified atom stereocenters. The van der Waals surface area contributed by atoms with Crippen LogP contribution >= 0.6 is 0 Å². The summed E-state index contributed by atoms with van der Waals surface area (Å²) in [5.74, 6) is 4.74. The van der Waals surface area contributed by atoms with Crippen LogP contribution in [0.3, 0.4) is 0 Å². The van der Waals surface area contributed by atoms with Crippen molar-refractivity contribution >= 4 is 6.09 Å². The Bertz CT molecular complexity index is 538. The van der Waals surface area contributed by atoms with Crippen molar-refractivity contribution in [1.82, 2.24) is 5.32 Å². The lowest BCUT2D eigenvalue weighted by Crippen LogP contribution is -2.32. The number of alkyl carbamates (subject to hydrolysis) is 1. The fourth-order valence-electron chi connectivity index (χ4n) is 1.33. The summed E-state index contributed by atoms with van der Waals surface area (Å²) in [5.41, 5.74) is 0.136. The van der Waals surface area contributed by atoms with E-state index in [-0.39, 0.29) is 18.7 Å². The standard InChI is InChI=1S/C15H18FNO3/c1-15(2,3)20-14(19)17-8-4-5-12-7-6-11(10-18)9-13(12)16/h6-7,9,18H,8,10H2,1-3H3,(H,17,19). The fourth-order valence-corrected chi connectivity index (χ4v) is 1.33. The molecule has 20 heavy (non-hydrogen) atoms. The number of carbonyl (C=O) groups is 1. The van der Waals surface area contributed by atoms with Gasteiger partial charge in [-0.1, -0.05) is 17.9 Å². The SMILES string of the molecule is CC(C)(C)OC(=O)NCC#Cc1ccc(CO)cc1F. The van der Waals surface area contributed by atoms with Crippen LogP contribution in [0, 0.1) is 17.7 Å². The van der Waals surface area contributed by atoms with E-state index in [1.807, 2.05) is 0 Å². The quantitative estimate of drug-likeness (QED) is 0.816. The number of nitrogens with one attached hydrogen (secondary N) is 1. The Morgan fingerprint density at radius 3 is 2.70 bits per heavy atom. The van der Waals surface area contributed by atoms with Crippen LogP contribution in [0.1, 0.15) is 31.9 Å². The largest absolute Gasteiger partial charge is 0.444 e.